The lowest BCUT2D eigenvalue weighted by Crippen LogP contribution is -2.16. The van der Waals surface area contributed by atoms with Crippen molar-refractivity contribution in [3.63, 3.8) is 0 Å². The Morgan fingerprint density at radius 3 is 2.39 bits per heavy atom. The number of non-ortho nitro benzene ring substituents is 1. The second-order valence-electron chi connectivity index (χ2n) is 4.67. The van der Waals surface area contributed by atoms with Gasteiger partial charge in [-0.2, -0.15) is 0 Å². The highest BCUT2D eigenvalue weighted by atomic mass is 32.2. The minimum atomic E-state index is -3.84. The fourth-order valence-electron chi connectivity index (χ4n) is 1.92. The molecule has 23 heavy (non-hydrogen) atoms. The third-order valence-corrected chi connectivity index (χ3v) is 4.75. The van der Waals surface area contributed by atoms with Gasteiger partial charge in [0.15, 0.2) is 15.6 Å². The summed E-state index contributed by atoms with van der Waals surface area (Å²) in [6.45, 7) is 0. The molecule has 120 valence electrons. The molecule has 0 unspecified atom stereocenters. The zero-order chi connectivity index (χ0) is 17.0. The third-order valence-electron chi connectivity index (χ3n) is 3.12. The number of carbonyl (C=O) groups is 1. The Bertz CT molecular complexity index is 843. The zero-order valence-electron chi connectivity index (χ0n) is 12.1. The fraction of sp³-hybridized carbons (Fsp3) is 0.133. The molecule has 0 heterocycles. The number of hydrogen-bond acceptors (Lipinski definition) is 6. The number of rotatable bonds is 6. The average molecular weight is 335 g/mol. The molecule has 0 fully saturated rings. The monoisotopic (exact) mass is 335 g/mol. The minimum Gasteiger partial charge on any atom is -0.497 e. The number of nitro groups is 1. The van der Waals surface area contributed by atoms with Crippen LogP contribution >= 0.6 is 0 Å². The summed E-state index contributed by atoms with van der Waals surface area (Å²) in [5.41, 5.74) is -0.283. The summed E-state index contributed by atoms with van der Waals surface area (Å²) in [5.74, 6) is -0.973. The van der Waals surface area contributed by atoms with Crippen LogP contribution in [-0.2, 0) is 9.84 Å². The fourth-order valence-corrected chi connectivity index (χ4v) is 3.14. The number of ketones is 1. The van der Waals surface area contributed by atoms with Gasteiger partial charge in [-0.3, -0.25) is 14.9 Å². The molecular formula is C15H13NO6S. The molecule has 0 aliphatic rings. The molecule has 0 bridgehead atoms. The summed E-state index contributed by atoms with van der Waals surface area (Å²) < 4.78 is 29.4. The summed E-state index contributed by atoms with van der Waals surface area (Å²) in [6.07, 6.45) is 0. The summed E-state index contributed by atoms with van der Waals surface area (Å²) in [6, 6.07) is 10.6. The van der Waals surface area contributed by atoms with Crippen LogP contribution in [0.25, 0.3) is 0 Å². The number of carbonyl (C=O) groups excluding carboxylic acids is 1. The lowest BCUT2D eigenvalue weighted by Gasteiger charge is -2.05. The molecule has 0 saturated heterocycles. The maximum Gasteiger partial charge on any atom is 0.270 e. The quantitative estimate of drug-likeness (QED) is 0.456. The van der Waals surface area contributed by atoms with E-state index in [0.29, 0.717) is 5.75 Å². The number of sulfone groups is 1. The number of nitrogens with zero attached hydrogens (tertiary/aromatic N) is 1. The van der Waals surface area contributed by atoms with Crippen LogP contribution in [0.4, 0.5) is 5.69 Å². The van der Waals surface area contributed by atoms with E-state index in [1.165, 1.54) is 49.6 Å². The van der Waals surface area contributed by atoms with Gasteiger partial charge in [0.05, 0.1) is 16.9 Å². The smallest absolute Gasteiger partial charge is 0.270 e. The summed E-state index contributed by atoms with van der Waals surface area (Å²) in [4.78, 5) is 22.2. The highest BCUT2D eigenvalue weighted by molar-refractivity contribution is 7.92. The van der Waals surface area contributed by atoms with E-state index in [4.69, 9.17) is 4.74 Å². The van der Waals surface area contributed by atoms with Crippen LogP contribution in [0.1, 0.15) is 10.4 Å². The van der Waals surface area contributed by atoms with Gasteiger partial charge in [0.1, 0.15) is 11.5 Å². The maximum atomic E-state index is 12.2. The Labute approximate surface area is 132 Å². The van der Waals surface area contributed by atoms with Crippen LogP contribution in [0.15, 0.2) is 53.4 Å². The molecule has 2 aromatic rings. The summed E-state index contributed by atoms with van der Waals surface area (Å²) in [7, 11) is -2.39. The Morgan fingerprint density at radius 1 is 1.17 bits per heavy atom. The highest BCUT2D eigenvalue weighted by Gasteiger charge is 2.21. The van der Waals surface area contributed by atoms with E-state index in [1.54, 1.807) is 0 Å². The largest absolute Gasteiger partial charge is 0.497 e. The molecule has 0 aliphatic carbocycles. The Hall–Kier alpha value is -2.74. The molecule has 0 aliphatic heterocycles. The van der Waals surface area contributed by atoms with Gasteiger partial charge in [-0.05, 0) is 24.3 Å². The molecule has 0 N–H and O–H groups in total. The van der Waals surface area contributed by atoms with E-state index in [1.807, 2.05) is 0 Å². The first-order valence-electron chi connectivity index (χ1n) is 6.48. The van der Waals surface area contributed by atoms with Crippen LogP contribution < -0.4 is 4.74 Å². The molecule has 8 heteroatoms. The van der Waals surface area contributed by atoms with Crippen LogP contribution in [0, 0.1) is 10.1 Å². The van der Waals surface area contributed by atoms with Crippen molar-refractivity contribution in [2.45, 2.75) is 4.90 Å². The molecule has 0 spiro atoms. The first kappa shape index (κ1) is 16.6. The standard InChI is InChI=1S/C15H13NO6S/c1-22-13-5-7-14(8-6-13)23(20,21)10-15(17)11-3-2-4-12(9-11)16(18)19/h2-9H,10H2,1H3. The lowest BCUT2D eigenvalue weighted by molar-refractivity contribution is -0.384. The van der Waals surface area contributed by atoms with Gasteiger partial charge in [-0.15, -0.1) is 0 Å². The van der Waals surface area contributed by atoms with Crippen molar-refractivity contribution in [2.24, 2.45) is 0 Å². The van der Waals surface area contributed by atoms with E-state index >= 15 is 0 Å². The normalized spacial score (nSPS) is 11.0. The van der Waals surface area contributed by atoms with Crippen LogP contribution in [0.3, 0.4) is 0 Å². The van der Waals surface area contributed by atoms with E-state index < -0.39 is 26.3 Å². The summed E-state index contributed by atoms with van der Waals surface area (Å²) >= 11 is 0. The average Bonchev–Trinajstić information content (AvgIpc) is 2.54. The second kappa shape index (κ2) is 6.57. The lowest BCUT2D eigenvalue weighted by atomic mass is 10.1. The van der Waals surface area contributed by atoms with Crippen molar-refractivity contribution in [1.29, 1.82) is 0 Å². The number of benzene rings is 2. The van der Waals surface area contributed by atoms with Crippen molar-refractivity contribution in [1.82, 2.24) is 0 Å². The number of Topliss-reactive ketones (excluding diaryl/α,β-unsaturated/α-hetero) is 1. The number of hydrogen-bond donors (Lipinski definition) is 0. The highest BCUT2D eigenvalue weighted by Crippen LogP contribution is 2.19. The van der Waals surface area contributed by atoms with Crippen LogP contribution in [-0.4, -0.2) is 32.0 Å². The zero-order valence-corrected chi connectivity index (χ0v) is 12.9. The first-order valence-corrected chi connectivity index (χ1v) is 8.13. The second-order valence-corrected chi connectivity index (χ2v) is 6.65. The molecular weight excluding hydrogens is 322 g/mol. The topological polar surface area (TPSA) is 104 Å². The molecule has 0 saturated carbocycles. The van der Waals surface area contributed by atoms with Gasteiger partial charge in [0, 0.05) is 17.7 Å². The van der Waals surface area contributed by atoms with Gasteiger partial charge in [-0.25, -0.2) is 8.42 Å². The molecule has 2 aromatic carbocycles. The molecule has 0 amide bonds. The number of methoxy groups -OCH3 is 1. The van der Waals surface area contributed by atoms with Crippen molar-refractivity contribution >= 4 is 21.3 Å². The van der Waals surface area contributed by atoms with Crippen molar-refractivity contribution in [3.8, 4) is 5.75 Å². The van der Waals surface area contributed by atoms with E-state index in [-0.39, 0.29) is 16.1 Å². The molecule has 7 nitrogen and oxygen atoms in total. The van der Waals surface area contributed by atoms with Crippen molar-refractivity contribution < 1.29 is 22.9 Å². The van der Waals surface area contributed by atoms with Crippen LogP contribution in [0.2, 0.25) is 0 Å². The Kier molecular flexibility index (Phi) is 4.75. The predicted octanol–water partition coefficient (Wildman–Crippen LogP) is 2.26. The van der Waals surface area contributed by atoms with Gasteiger partial charge >= 0.3 is 0 Å². The number of ether oxygens (including phenoxy) is 1. The van der Waals surface area contributed by atoms with E-state index in [9.17, 15) is 23.3 Å². The predicted molar refractivity (Wildman–Crippen MR) is 82.5 cm³/mol. The van der Waals surface area contributed by atoms with Crippen molar-refractivity contribution in [3.05, 3.63) is 64.2 Å². The SMILES string of the molecule is COc1ccc(S(=O)(=O)CC(=O)c2cccc([N+](=O)[O-])c2)cc1. The van der Waals surface area contributed by atoms with E-state index in [2.05, 4.69) is 0 Å². The number of nitro benzene ring substituents is 1. The molecule has 0 radical (unpaired) electrons. The van der Waals surface area contributed by atoms with Gasteiger partial charge in [0.25, 0.3) is 5.69 Å². The molecule has 2 rings (SSSR count). The van der Waals surface area contributed by atoms with Gasteiger partial charge in [-0.1, -0.05) is 12.1 Å². The minimum absolute atomic E-state index is 0.0166. The Balaban J connectivity index is 2.24. The van der Waals surface area contributed by atoms with Crippen molar-refractivity contribution in [2.75, 3.05) is 12.9 Å². The van der Waals surface area contributed by atoms with Gasteiger partial charge < -0.3 is 4.74 Å². The third kappa shape index (κ3) is 3.92. The molecule has 0 atom stereocenters. The first-order chi connectivity index (χ1) is 10.8. The van der Waals surface area contributed by atoms with Gasteiger partial charge in [0.2, 0.25) is 0 Å². The Morgan fingerprint density at radius 2 is 1.83 bits per heavy atom. The van der Waals surface area contributed by atoms with Crippen LogP contribution in [0.5, 0.6) is 5.75 Å². The molecule has 0 aromatic heterocycles. The summed E-state index contributed by atoms with van der Waals surface area (Å²) in [5, 5.41) is 10.7. The maximum absolute atomic E-state index is 12.2. The van der Waals surface area contributed by atoms with E-state index in [0.717, 1.165) is 6.07 Å².